The Balaban J connectivity index is 1.02. The van der Waals surface area contributed by atoms with Crippen molar-refractivity contribution in [2.75, 3.05) is 0 Å². The average Bonchev–Trinajstić information content (AvgIpc) is 3.20. The standard InChI is InChI=1S/C44H32N2O4/c47-43(37-25-39(33-13-5-1-6-14-33)45-40(26-37)34-15-7-2-8-16-34)49-29-31-21-23-32(24-22-31)30-50-44(48)38-27-41(35-17-9-3-10-18-35)46-42(28-38)36-19-11-4-12-20-36/h1-28H,29-30H2. The fourth-order valence-electron chi connectivity index (χ4n) is 5.52. The molecule has 0 radical (unpaired) electrons. The SMILES string of the molecule is O=C(OCc1ccc(COC(=O)c2cc(-c3ccccc3)nc(-c3ccccc3)c2)cc1)c1cc(-c2ccccc2)nc(-c2ccccc2)c1. The minimum Gasteiger partial charge on any atom is -0.457 e. The Bertz CT molecular complexity index is 1950. The smallest absolute Gasteiger partial charge is 0.338 e. The van der Waals surface area contributed by atoms with Crippen molar-refractivity contribution in [3.8, 4) is 45.0 Å². The van der Waals surface area contributed by atoms with Gasteiger partial charge in [0.25, 0.3) is 0 Å². The van der Waals surface area contributed by atoms with E-state index in [0.717, 1.165) is 33.4 Å². The second-order valence-corrected chi connectivity index (χ2v) is 11.7. The summed E-state index contributed by atoms with van der Waals surface area (Å²) in [6.07, 6.45) is 0. The normalized spacial score (nSPS) is 10.7. The van der Waals surface area contributed by atoms with Crippen molar-refractivity contribution in [2.45, 2.75) is 13.2 Å². The van der Waals surface area contributed by atoms with Crippen LogP contribution in [-0.4, -0.2) is 21.9 Å². The molecular weight excluding hydrogens is 620 g/mol. The molecule has 0 fully saturated rings. The Hall–Kier alpha value is -6.66. The lowest BCUT2D eigenvalue weighted by Gasteiger charge is -2.11. The van der Waals surface area contributed by atoms with Crippen LogP contribution in [0, 0.1) is 0 Å². The number of benzene rings is 5. The molecule has 0 saturated heterocycles. The molecule has 7 aromatic rings. The number of hydrogen-bond acceptors (Lipinski definition) is 6. The lowest BCUT2D eigenvalue weighted by molar-refractivity contribution is 0.0460. The Morgan fingerprint density at radius 1 is 0.380 bits per heavy atom. The van der Waals surface area contributed by atoms with E-state index in [-0.39, 0.29) is 13.2 Å². The topological polar surface area (TPSA) is 78.4 Å². The van der Waals surface area contributed by atoms with Gasteiger partial charge in [-0.1, -0.05) is 146 Å². The van der Waals surface area contributed by atoms with Gasteiger partial charge in [-0.15, -0.1) is 0 Å². The van der Waals surface area contributed by atoms with Crippen LogP contribution in [0.5, 0.6) is 0 Å². The van der Waals surface area contributed by atoms with Crippen LogP contribution in [0.1, 0.15) is 31.8 Å². The molecule has 0 atom stereocenters. The van der Waals surface area contributed by atoms with E-state index in [0.29, 0.717) is 33.9 Å². The molecule has 50 heavy (non-hydrogen) atoms. The zero-order valence-electron chi connectivity index (χ0n) is 27.1. The van der Waals surface area contributed by atoms with E-state index >= 15 is 0 Å². The number of esters is 2. The molecule has 0 bridgehead atoms. The summed E-state index contributed by atoms with van der Waals surface area (Å²) in [5.41, 5.74) is 8.86. The number of aromatic nitrogens is 2. The summed E-state index contributed by atoms with van der Waals surface area (Å²) >= 11 is 0. The molecule has 6 heteroatoms. The van der Waals surface area contributed by atoms with Gasteiger partial charge < -0.3 is 9.47 Å². The summed E-state index contributed by atoms with van der Waals surface area (Å²) in [6.45, 7) is 0.175. The highest BCUT2D eigenvalue weighted by Crippen LogP contribution is 2.27. The first-order chi connectivity index (χ1) is 24.6. The van der Waals surface area contributed by atoms with Crippen molar-refractivity contribution >= 4 is 11.9 Å². The van der Waals surface area contributed by atoms with E-state index in [9.17, 15) is 9.59 Å². The minimum atomic E-state index is -0.443. The molecule has 0 unspecified atom stereocenters. The van der Waals surface area contributed by atoms with Crippen molar-refractivity contribution in [1.82, 2.24) is 9.97 Å². The highest BCUT2D eigenvalue weighted by molar-refractivity contribution is 5.93. The molecule has 0 aliphatic rings. The number of pyridine rings is 2. The first kappa shape index (κ1) is 31.9. The van der Waals surface area contributed by atoms with Crippen LogP contribution < -0.4 is 0 Å². The van der Waals surface area contributed by atoms with E-state index in [4.69, 9.17) is 19.4 Å². The van der Waals surface area contributed by atoms with Gasteiger partial charge in [0.15, 0.2) is 0 Å². The maximum atomic E-state index is 13.3. The van der Waals surface area contributed by atoms with E-state index in [2.05, 4.69) is 0 Å². The van der Waals surface area contributed by atoms with Crippen molar-refractivity contribution in [3.63, 3.8) is 0 Å². The quantitative estimate of drug-likeness (QED) is 0.137. The van der Waals surface area contributed by atoms with Gasteiger partial charge in [0.1, 0.15) is 13.2 Å². The van der Waals surface area contributed by atoms with Crippen molar-refractivity contribution in [1.29, 1.82) is 0 Å². The molecule has 0 saturated carbocycles. The van der Waals surface area contributed by atoms with Crippen molar-refractivity contribution < 1.29 is 19.1 Å². The predicted molar refractivity (Wildman–Crippen MR) is 195 cm³/mol. The molecule has 0 N–H and O–H groups in total. The second kappa shape index (κ2) is 15.0. The molecule has 7 rings (SSSR count). The minimum absolute atomic E-state index is 0.0874. The van der Waals surface area contributed by atoms with Crippen LogP contribution in [0.4, 0.5) is 0 Å². The Kier molecular flexibility index (Phi) is 9.61. The van der Waals surface area contributed by atoms with E-state index in [1.807, 2.05) is 146 Å². The molecular formula is C44H32N2O4. The first-order valence-corrected chi connectivity index (χ1v) is 16.3. The van der Waals surface area contributed by atoms with Gasteiger partial charge in [0.05, 0.1) is 33.9 Å². The van der Waals surface area contributed by atoms with Crippen LogP contribution >= 0.6 is 0 Å². The van der Waals surface area contributed by atoms with Gasteiger partial charge in [-0.2, -0.15) is 0 Å². The second-order valence-electron chi connectivity index (χ2n) is 11.7. The molecule has 242 valence electrons. The van der Waals surface area contributed by atoms with Crippen LogP contribution in [0.2, 0.25) is 0 Å². The van der Waals surface area contributed by atoms with Crippen molar-refractivity contribution in [3.05, 3.63) is 192 Å². The molecule has 0 amide bonds. The zero-order valence-corrected chi connectivity index (χ0v) is 27.1. The average molecular weight is 653 g/mol. The maximum Gasteiger partial charge on any atom is 0.338 e. The molecule has 5 aromatic carbocycles. The Labute approximate surface area is 290 Å². The molecule has 0 aliphatic carbocycles. The van der Waals surface area contributed by atoms with Crippen molar-refractivity contribution in [2.24, 2.45) is 0 Å². The van der Waals surface area contributed by atoms with Gasteiger partial charge in [0.2, 0.25) is 0 Å². The fourth-order valence-corrected chi connectivity index (χ4v) is 5.52. The lowest BCUT2D eigenvalue weighted by Crippen LogP contribution is -2.08. The highest BCUT2D eigenvalue weighted by Gasteiger charge is 2.16. The largest absolute Gasteiger partial charge is 0.457 e. The molecule has 0 aliphatic heterocycles. The number of carbonyl (C=O) groups is 2. The van der Waals surface area contributed by atoms with Crippen LogP contribution in [0.25, 0.3) is 45.0 Å². The van der Waals surface area contributed by atoms with Crippen LogP contribution in [-0.2, 0) is 22.7 Å². The summed E-state index contributed by atoms with van der Waals surface area (Å²) in [4.78, 5) is 36.2. The Morgan fingerprint density at radius 3 is 0.900 bits per heavy atom. The van der Waals surface area contributed by atoms with E-state index in [1.54, 1.807) is 24.3 Å². The molecule has 2 heterocycles. The lowest BCUT2D eigenvalue weighted by atomic mass is 10.0. The number of nitrogens with zero attached hydrogens (tertiary/aromatic N) is 2. The van der Waals surface area contributed by atoms with Crippen LogP contribution in [0.3, 0.4) is 0 Å². The van der Waals surface area contributed by atoms with E-state index < -0.39 is 11.9 Å². The van der Waals surface area contributed by atoms with Gasteiger partial charge in [-0.3, -0.25) is 0 Å². The number of hydrogen-bond donors (Lipinski definition) is 0. The number of carbonyl (C=O) groups excluding carboxylic acids is 2. The van der Waals surface area contributed by atoms with Gasteiger partial charge in [-0.05, 0) is 35.4 Å². The summed E-state index contributed by atoms with van der Waals surface area (Å²) in [7, 11) is 0. The number of ether oxygens (including phenoxy) is 2. The van der Waals surface area contributed by atoms with Crippen LogP contribution in [0.15, 0.2) is 170 Å². The van der Waals surface area contributed by atoms with E-state index in [1.165, 1.54) is 0 Å². The summed E-state index contributed by atoms with van der Waals surface area (Å²) < 4.78 is 11.5. The van der Waals surface area contributed by atoms with Gasteiger partial charge in [-0.25, -0.2) is 19.6 Å². The third kappa shape index (κ3) is 7.72. The summed E-state index contributed by atoms with van der Waals surface area (Å²) in [6, 6.07) is 53.5. The number of rotatable bonds is 10. The molecule has 2 aromatic heterocycles. The fraction of sp³-hybridized carbons (Fsp3) is 0.0455. The Morgan fingerprint density at radius 2 is 0.640 bits per heavy atom. The van der Waals surface area contributed by atoms with Gasteiger partial charge in [0, 0.05) is 22.3 Å². The third-order valence-electron chi connectivity index (χ3n) is 8.16. The molecule has 0 spiro atoms. The zero-order chi connectivity index (χ0) is 34.1. The first-order valence-electron chi connectivity index (χ1n) is 16.3. The maximum absolute atomic E-state index is 13.3. The third-order valence-corrected chi connectivity index (χ3v) is 8.16. The summed E-state index contributed by atoms with van der Waals surface area (Å²) in [5, 5.41) is 0. The summed E-state index contributed by atoms with van der Waals surface area (Å²) in [5.74, 6) is -0.885. The van der Waals surface area contributed by atoms with Gasteiger partial charge >= 0.3 is 11.9 Å². The predicted octanol–water partition coefficient (Wildman–Crippen LogP) is 9.86. The monoisotopic (exact) mass is 652 g/mol. The molecule has 6 nitrogen and oxygen atoms in total. The highest BCUT2D eigenvalue weighted by atomic mass is 16.5.